The van der Waals surface area contributed by atoms with Crippen LogP contribution in [0.5, 0.6) is 0 Å². The first-order valence-electron chi connectivity index (χ1n) is 7.90. The van der Waals surface area contributed by atoms with Crippen LogP contribution in [0.25, 0.3) is 0 Å². The Hall–Kier alpha value is -3.31. The molecule has 0 saturated carbocycles. The summed E-state index contributed by atoms with van der Waals surface area (Å²) in [6.45, 7) is 0. The van der Waals surface area contributed by atoms with Crippen LogP contribution in [-0.2, 0) is 0 Å². The molecule has 0 radical (unpaired) electrons. The van der Waals surface area contributed by atoms with Crippen molar-refractivity contribution in [3.8, 4) is 0 Å². The Bertz CT molecular complexity index is 912. The topological polar surface area (TPSA) is 70.2 Å². The van der Waals surface area contributed by atoms with Crippen molar-refractivity contribution < 1.29 is 9.59 Å². The molecule has 0 unspecified atom stereocenters. The van der Waals surface area contributed by atoms with Gasteiger partial charge in [0.1, 0.15) is 0 Å². The van der Waals surface area contributed by atoms with Gasteiger partial charge in [-0.2, -0.15) is 0 Å². The van der Waals surface area contributed by atoms with Crippen molar-refractivity contribution >= 4 is 40.6 Å². The van der Waals surface area contributed by atoms with Crippen LogP contribution >= 0.6 is 11.6 Å². The maximum absolute atomic E-state index is 12.1. The van der Waals surface area contributed by atoms with Crippen molar-refractivity contribution in [2.45, 2.75) is 0 Å². The molecule has 0 heterocycles. The van der Waals surface area contributed by atoms with Gasteiger partial charge in [0.25, 0.3) is 5.91 Å². The number of benzene rings is 3. The van der Waals surface area contributed by atoms with E-state index in [1.807, 2.05) is 6.07 Å². The molecule has 0 spiro atoms. The summed E-state index contributed by atoms with van der Waals surface area (Å²) in [4.78, 5) is 24.1. The van der Waals surface area contributed by atoms with Gasteiger partial charge in [0.05, 0.1) is 0 Å². The van der Waals surface area contributed by atoms with Crippen LogP contribution in [0, 0.1) is 0 Å². The first-order valence-corrected chi connectivity index (χ1v) is 8.28. The van der Waals surface area contributed by atoms with Crippen LogP contribution in [0.4, 0.5) is 21.9 Å². The van der Waals surface area contributed by atoms with Gasteiger partial charge in [0.2, 0.25) is 0 Å². The van der Waals surface area contributed by atoms with Crippen molar-refractivity contribution in [1.82, 2.24) is 0 Å². The quantitative estimate of drug-likeness (QED) is 0.592. The highest BCUT2D eigenvalue weighted by atomic mass is 35.5. The molecule has 0 aromatic heterocycles. The zero-order valence-electron chi connectivity index (χ0n) is 13.7. The van der Waals surface area contributed by atoms with Crippen LogP contribution in [-0.4, -0.2) is 11.9 Å². The number of amides is 3. The number of rotatable bonds is 4. The van der Waals surface area contributed by atoms with Crippen LogP contribution < -0.4 is 16.0 Å². The lowest BCUT2D eigenvalue weighted by Gasteiger charge is -2.09. The molecule has 0 atom stereocenters. The maximum Gasteiger partial charge on any atom is 0.323 e. The second-order valence-electron chi connectivity index (χ2n) is 5.49. The number of carbonyl (C=O) groups is 2. The molecule has 0 saturated heterocycles. The van der Waals surface area contributed by atoms with E-state index in [2.05, 4.69) is 16.0 Å². The molecule has 3 amide bonds. The molecule has 0 fully saturated rings. The third kappa shape index (κ3) is 4.84. The van der Waals surface area contributed by atoms with E-state index < -0.39 is 0 Å². The number of carbonyl (C=O) groups excluding carboxylic acids is 2. The van der Waals surface area contributed by atoms with E-state index in [0.717, 1.165) is 0 Å². The Balaban J connectivity index is 1.57. The average molecular weight is 366 g/mol. The molecule has 3 N–H and O–H groups in total. The smallest absolute Gasteiger partial charge is 0.322 e. The first kappa shape index (κ1) is 17.5. The van der Waals surface area contributed by atoms with Crippen molar-refractivity contribution in [3.63, 3.8) is 0 Å². The van der Waals surface area contributed by atoms with E-state index in [0.29, 0.717) is 27.6 Å². The van der Waals surface area contributed by atoms with Gasteiger partial charge >= 0.3 is 6.03 Å². The van der Waals surface area contributed by atoms with Crippen LogP contribution in [0.3, 0.4) is 0 Å². The zero-order valence-corrected chi connectivity index (χ0v) is 14.5. The third-order valence-electron chi connectivity index (χ3n) is 3.52. The summed E-state index contributed by atoms with van der Waals surface area (Å²) in [6, 6.07) is 22.3. The number of hydrogen-bond acceptors (Lipinski definition) is 2. The van der Waals surface area contributed by atoms with Crippen LogP contribution in [0.1, 0.15) is 10.4 Å². The van der Waals surface area contributed by atoms with E-state index in [4.69, 9.17) is 11.6 Å². The summed E-state index contributed by atoms with van der Waals surface area (Å²) < 4.78 is 0. The number of urea groups is 1. The lowest BCUT2D eigenvalue weighted by atomic mass is 10.2. The van der Waals surface area contributed by atoms with Gasteiger partial charge in [0.15, 0.2) is 0 Å². The molecular weight excluding hydrogens is 350 g/mol. The van der Waals surface area contributed by atoms with Crippen molar-refractivity contribution in [2.75, 3.05) is 16.0 Å². The number of hydrogen-bond donors (Lipinski definition) is 3. The molecule has 3 aromatic carbocycles. The standard InChI is InChI=1S/C20H16ClN3O2/c21-15-7-4-8-18(13-15)24-20(26)23-17-11-9-16(10-12-17)22-19(25)14-5-2-1-3-6-14/h1-13H,(H,22,25)(H2,23,24,26). The second-order valence-corrected chi connectivity index (χ2v) is 5.92. The van der Waals surface area contributed by atoms with Crippen LogP contribution in [0.2, 0.25) is 5.02 Å². The minimum absolute atomic E-state index is 0.190. The van der Waals surface area contributed by atoms with E-state index >= 15 is 0 Å². The lowest BCUT2D eigenvalue weighted by molar-refractivity contribution is 0.102. The molecule has 0 aliphatic heterocycles. The predicted molar refractivity (Wildman–Crippen MR) is 105 cm³/mol. The number of anilines is 3. The predicted octanol–water partition coefficient (Wildman–Crippen LogP) is 5.24. The SMILES string of the molecule is O=C(Nc1ccc(NC(=O)c2ccccc2)cc1)Nc1cccc(Cl)c1. The summed E-state index contributed by atoms with van der Waals surface area (Å²) in [5, 5.41) is 8.76. The Morgan fingerprint density at radius 2 is 1.27 bits per heavy atom. The maximum atomic E-state index is 12.1. The Kier molecular flexibility index (Phi) is 5.51. The molecule has 3 rings (SSSR count). The van der Waals surface area contributed by atoms with Gasteiger partial charge < -0.3 is 16.0 Å². The summed E-state index contributed by atoms with van der Waals surface area (Å²) >= 11 is 5.89. The molecule has 6 heteroatoms. The fourth-order valence-electron chi connectivity index (χ4n) is 2.29. The normalized spacial score (nSPS) is 10.0. The molecular formula is C20H16ClN3O2. The van der Waals surface area contributed by atoms with E-state index in [9.17, 15) is 9.59 Å². The lowest BCUT2D eigenvalue weighted by Crippen LogP contribution is -2.19. The van der Waals surface area contributed by atoms with E-state index in [1.54, 1.807) is 72.8 Å². The summed E-state index contributed by atoms with van der Waals surface area (Å²) in [6.07, 6.45) is 0. The molecule has 0 aliphatic carbocycles. The minimum atomic E-state index is -0.381. The highest BCUT2D eigenvalue weighted by Crippen LogP contribution is 2.17. The molecule has 0 aliphatic rings. The van der Waals surface area contributed by atoms with Gasteiger partial charge in [-0.25, -0.2) is 4.79 Å². The highest BCUT2D eigenvalue weighted by Gasteiger charge is 2.06. The highest BCUT2D eigenvalue weighted by molar-refractivity contribution is 6.30. The number of nitrogens with one attached hydrogen (secondary N) is 3. The first-order chi connectivity index (χ1) is 12.6. The second kappa shape index (κ2) is 8.18. The van der Waals surface area contributed by atoms with Gasteiger partial charge in [-0.05, 0) is 54.6 Å². The summed E-state index contributed by atoms with van der Waals surface area (Å²) in [7, 11) is 0. The Labute approximate surface area is 156 Å². The summed E-state index contributed by atoms with van der Waals surface area (Å²) in [5.74, 6) is -0.190. The fraction of sp³-hybridized carbons (Fsp3) is 0. The Morgan fingerprint density at radius 3 is 1.92 bits per heavy atom. The van der Waals surface area contributed by atoms with E-state index in [-0.39, 0.29) is 11.9 Å². The minimum Gasteiger partial charge on any atom is -0.322 e. The largest absolute Gasteiger partial charge is 0.323 e. The van der Waals surface area contributed by atoms with Gasteiger partial charge in [-0.1, -0.05) is 35.9 Å². The summed E-state index contributed by atoms with van der Waals surface area (Å²) in [5.41, 5.74) is 2.42. The van der Waals surface area contributed by atoms with Crippen LogP contribution in [0.15, 0.2) is 78.9 Å². The fourth-order valence-corrected chi connectivity index (χ4v) is 2.48. The van der Waals surface area contributed by atoms with Crippen molar-refractivity contribution in [2.24, 2.45) is 0 Å². The van der Waals surface area contributed by atoms with E-state index in [1.165, 1.54) is 0 Å². The molecule has 26 heavy (non-hydrogen) atoms. The molecule has 0 bridgehead atoms. The van der Waals surface area contributed by atoms with Gasteiger partial charge in [-0.3, -0.25) is 4.79 Å². The molecule has 3 aromatic rings. The Morgan fingerprint density at radius 1 is 0.654 bits per heavy atom. The van der Waals surface area contributed by atoms with Gasteiger partial charge in [0, 0.05) is 27.6 Å². The molecule has 5 nitrogen and oxygen atoms in total. The van der Waals surface area contributed by atoms with Gasteiger partial charge in [-0.15, -0.1) is 0 Å². The average Bonchev–Trinajstić information content (AvgIpc) is 2.64. The monoisotopic (exact) mass is 365 g/mol. The van der Waals surface area contributed by atoms with Crippen molar-refractivity contribution in [3.05, 3.63) is 89.4 Å². The third-order valence-corrected chi connectivity index (χ3v) is 3.75. The number of halogens is 1. The zero-order chi connectivity index (χ0) is 18.4. The van der Waals surface area contributed by atoms with Crippen molar-refractivity contribution in [1.29, 1.82) is 0 Å². The molecule has 130 valence electrons.